The van der Waals surface area contributed by atoms with E-state index in [1.54, 1.807) is 72.7 Å². The van der Waals surface area contributed by atoms with Gasteiger partial charge >= 0.3 is 12.1 Å². The highest BCUT2D eigenvalue weighted by Gasteiger charge is 2.38. The number of esters is 1. The second-order valence-corrected chi connectivity index (χ2v) is 15.0. The Hall–Kier alpha value is -5.06. The van der Waals surface area contributed by atoms with Gasteiger partial charge in [0.05, 0.1) is 0 Å². The summed E-state index contributed by atoms with van der Waals surface area (Å²) in [5, 5.41) is 25.9. The van der Waals surface area contributed by atoms with E-state index in [0.717, 1.165) is 18.4 Å². The number of aromatic hydroxyl groups is 2. The minimum atomic E-state index is -1.27. The number of nitrogens with zero attached hydrogens (tertiary/aromatic N) is 1. The molecule has 0 aliphatic heterocycles. The molecule has 0 heterocycles. The first-order chi connectivity index (χ1) is 24.4. The van der Waals surface area contributed by atoms with Crippen molar-refractivity contribution in [3.8, 4) is 11.5 Å². The summed E-state index contributed by atoms with van der Waals surface area (Å²) in [4.78, 5) is 57.8. The lowest BCUT2D eigenvalue weighted by Gasteiger charge is -2.35. The highest BCUT2D eigenvalue weighted by Crippen LogP contribution is 2.29. The van der Waals surface area contributed by atoms with Gasteiger partial charge in [0.15, 0.2) is 0 Å². The van der Waals surface area contributed by atoms with Crippen molar-refractivity contribution in [1.82, 2.24) is 15.5 Å². The third kappa shape index (κ3) is 13.2. The van der Waals surface area contributed by atoms with Crippen LogP contribution in [-0.2, 0) is 36.7 Å². The summed E-state index contributed by atoms with van der Waals surface area (Å²) in [6.07, 6.45) is 1.48. The summed E-state index contributed by atoms with van der Waals surface area (Å²) in [6.45, 7) is 14.2. The standard InChI is InChI=1S/C41H55N3O8/c1-9-10-14-23-44(37(48)32(43-39(50)52-41(6,7)8)25-29-17-20-31(45)21-18-29)35(30-19-22-34(46)27(2)24-30)36(47)42-33(38(49)51-40(3,4)5)26-28-15-12-11-13-16-28/h11-13,15-22,24,32-33,35,45-46H,9-10,14,23,25-26H2,1-8H3,(H,42,47)(H,43,50). The minimum Gasteiger partial charge on any atom is -0.508 e. The van der Waals surface area contributed by atoms with E-state index in [-0.39, 0.29) is 30.9 Å². The maximum atomic E-state index is 14.9. The van der Waals surface area contributed by atoms with Gasteiger partial charge in [-0.2, -0.15) is 0 Å². The van der Waals surface area contributed by atoms with Gasteiger partial charge in [-0.25, -0.2) is 9.59 Å². The number of benzene rings is 3. The Morgan fingerprint density at radius 2 is 1.35 bits per heavy atom. The van der Waals surface area contributed by atoms with Crippen LogP contribution in [0.15, 0.2) is 72.8 Å². The number of hydrogen-bond acceptors (Lipinski definition) is 8. The second-order valence-electron chi connectivity index (χ2n) is 15.0. The third-order valence-corrected chi connectivity index (χ3v) is 8.04. The zero-order chi connectivity index (χ0) is 38.6. The van der Waals surface area contributed by atoms with E-state index < -0.39 is 53.2 Å². The average Bonchev–Trinajstić information content (AvgIpc) is 3.04. The van der Waals surface area contributed by atoms with Crippen LogP contribution in [0.5, 0.6) is 11.5 Å². The predicted octanol–water partition coefficient (Wildman–Crippen LogP) is 6.67. The molecule has 3 amide bonds. The van der Waals surface area contributed by atoms with Gasteiger partial charge < -0.3 is 35.2 Å². The summed E-state index contributed by atoms with van der Waals surface area (Å²) in [5.41, 5.74) is 0.648. The van der Waals surface area contributed by atoms with Crippen molar-refractivity contribution in [1.29, 1.82) is 0 Å². The molecule has 3 atom stereocenters. The fourth-order valence-corrected chi connectivity index (χ4v) is 5.60. The van der Waals surface area contributed by atoms with E-state index in [1.807, 2.05) is 37.3 Å². The third-order valence-electron chi connectivity index (χ3n) is 8.04. The molecule has 0 spiro atoms. The fraction of sp³-hybridized carbons (Fsp3) is 0.463. The highest BCUT2D eigenvalue weighted by molar-refractivity contribution is 5.94. The number of unbranched alkanes of at least 4 members (excludes halogenated alkanes) is 2. The lowest BCUT2D eigenvalue weighted by atomic mass is 9.97. The van der Waals surface area contributed by atoms with E-state index in [0.29, 0.717) is 23.1 Å². The average molecular weight is 718 g/mol. The molecular weight excluding hydrogens is 662 g/mol. The monoisotopic (exact) mass is 717 g/mol. The van der Waals surface area contributed by atoms with Gasteiger partial charge in [-0.3, -0.25) is 9.59 Å². The first-order valence-corrected chi connectivity index (χ1v) is 17.8. The Morgan fingerprint density at radius 1 is 0.750 bits per heavy atom. The van der Waals surface area contributed by atoms with Crippen LogP contribution in [0.1, 0.15) is 96.0 Å². The van der Waals surface area contributed by atoms with Crippen molar-refractivity contribution in [2.24, 2.45) is 0 Å². The molecule has 11 heteroatoms. The maximum absolute atomic E-state index is 14.9. The molecule has 4 N–H and O–H groups in total. The molecule has 3 unspecified atom stereocenters. The van der Waals surface area contributed by atoms with Crippen molar-refractivity contribution in [2.75, 3.05) is 6.54 Å². The molecule has 282 valence electrons. The number of amides is 3. The lowest BCUT2D eigenvalue weighted by molar-refractivity contribution is -0.159. The summed E-state index contributed by atoms with van der Waals surface area (Å²) in [5.74, 6) is -1.77. The topological polar surface area (TPSA) is 154 Å². The zero-order valence-corrected chi connectivity index (χ0v) is 31.7. The van der Waals surface area contributed by atoms with Crippen LogP contribution in [0, 0.1) is 6.92 Å². The number of hydrogen-bond donors (Lipinski definition) is 4. The van der Waals surface area contributed by atoms with Crippen molar-refractivity contribution in [3.05, 3.63) is 95.1 Å². The van der Waals surface area contributed by atoms with E-state index in [9.17, 15) is 29.4 Å². The Kier molecular flexibility index (Phi) is 14.7. The van der Waals surface area contributed by atoms with Crippen molar-refractivity contribution in [2.45, 2.75) is 117 Å². The Morgan fingerprint density at radius 3 is 1.92 bits per heavy atom. The number of phenolic OH excluding ortho intramolecular Hbond substituents is 2. The van der Waals surface area contributed by atoms with Gasteiger partial charge in [0.1, 0.15) is 40.8 Å². The van der Waals surface area contributed by atoms with Crippen LogP contribution in [0.4, 0.5) is 4.79 Å². The van der Waals surface area contributed by atoms with Crippen LogP contribution in [0.2, 0.25) is 0 Å². The van der Waals surface area contributed by atoms with E-state index in [4.69, 9.17) is 9.47 Å². The number of rotatable bonds is 15. The number of carbonyl (C=O) groups is 4. The van der Waals surface area contributed by atoms with Crippen molar-refractivity contribution < 1.29 is 38.9 Å². The molecule has 0 aliphatic rings. The highest BCUT2D eigenvalue weighted by atomic mass is 16.6. The number of nitrogens with one attached hydrogen (secondary N) is 2. The van der Waals surface area contributed by atoms with Crippen molar-refractivity contribution >= 4 is 23.9 Å². The molecule has 3 aromatic carbocycles. The summed E-state index contributed by atoms with van der Waals surface area (Å²) < 4.78 is 11.3. The van der Waals surface area contributed by atoms with Gasteiger partial charge in [0.2, 0.25) is 11.8 Å². The number of ether oxygens (including phenoxy) is 2. The number of alkyl carbamates (subject to hydrolysis) is 1. The summed E-state index contributed by atoms with van der Waals surface area (Å²) >= 11 is 0. The van der Waals surface area contributed by atoms with E-state index in [1.165, 1.54) is 23.1 Å². The molecule has 3 rings (SSSR count). The molecule has 0 bridgehead atoms. The van der Waals surface area contributed by atoms with Gasteiger partial charge in [-0.15, -0.1) is 0 Å². The smallest absolute Gasteiger partial charge is 0.408 e. The van der Waals surface area contributed by atoms with Crippen molar-refractivity contribution in [3.63, 3.8) is 0 Å². The van der Waals surface area contributed by atoms with E-state index >= 15 is 0 Å². The largest absolute Gasteiger partial charge is 0.508 e. The fourth-order valence-electron chi connectivity index (χ4n) is 5.60. The molecule has 3 aromatic rings. The first-order valence-electron chi connectivity index (χ1n) is 17.8. The minimum absolute atomic E-state index is 0.0132. The van der Waals surface area contributed by atoms with Crippen LogP contribution < -0.4 is 10.6 Å². The predicted molar refractivity (Wildman–Crippen MR) is 200 cm³/mol. The van der Waals surface area contributed by atoms with Gasteiger partial charge in [-0.05, 0) is 101 Å². The quantitative estimate of drug-likeness (QED) is 0.100. The van der Waals surface area contributed by atoms with Crippen LogP contribution in [-0.4, -0.2) is 68.8 Å². The van der Waals surface area contributed by atoms with E-state index in [2.05, 4.69) is 10.6 Å². The number of carbonyl (C=O) groups excluding carboxylic acids is 4. The van der Waals surface area contributed by atoms with Gasteiger partial charge in [0.25, 0.3) is 0 Å². The first kappa shape index (κ1) is 41.4. The zero-order valence-electron chi connectivity index (χ0n) is 31.7. The maximum Gasteiger partial charge on any atom is 0.408 e. The Balaban J connectivity index is 2.15. The molecule has 11 nitrogen and oxygen atoms in total. The van der Waals surface area contributed by atoms with Gasteiger partial charge in [-0.1, -0.05) is 68.3 Å². The van der Waals surface area contributed by atoms with Gasteiger partial charge in [0, 0.05) is 19.4 Å². The summed E-state index contributed by atoms with van der Waals surface area (Å²) in [7, 11) is 0. The molecule has 0 saturated carbocycles. The molecule has 0 radical (unpaired) electrons. The van der Waals surface area contributed by atoms with Crippen LogP contribution >= 0.6 is 0 Å². The SMILES string of the molecule is CCCCCN(C(=O)C(Cc1ccc(O)cc1)NC(=O)OC(C)(C)C)C(C(=O)NC(Cc1ccccc1)C(=O)OC(C)(C)C)c1ccc(O)c(C)c1. The Labute approximate surface area is 307 Å². The number of phenols is 2. The number of aryl methyl sites for hydroxylation is 1. The molecule has 0 saturated heterocycles. The second kappa shape index (κ2) is 18.4. The normalized spacial score (nSPS) is 13.3. The molecule has 0 aromatic heterocycles. The van der Waals surface area contributed by atoms with Crippen LogP contribution in [0.3, 0.4) is 0 Å². The van der Waals surface area contributed by atoms with Crippen LogP contribution in [0.25, 0.3) is 0 Å². The molecular formula is C41H55N3O8. The molecule has 52 heavy (non-hydrogen) atoms. The summed E-state index contributed by atoms with van der Waals surface area (Å²) in [6, 6.07) is 16.6. The lowest BCUT2D eigenvalue weighted by Crippen LogP contribution is -2.55. The molecule has 0 aliphatic carbocycles. The Bertz CT molecular complexity index is 1650. The molecule has 0 fully saturated rings.